The van der Waals surface area contributed by atoms with Gasteiger partial charge in [-0.15, -0.1) is 10.2 Å². The van der Waals surface area contributed by atoms with Crippen molar-refractivity contribution in [3.8, 4) is 0 Å². The van der Waals surface area contributed by atoms with Crippen molar-refractivity contribution in [3.05, 3.63) is 0 Å². The van der Waals surface area contributed by atoms with Gasteiger partial charge < -0.3 is 5.32 Å². The molecular formula is C13H22N4O3S3. The van der Waals surface area contributed by atoms with Crippen LogP contribution in [0.3, 0.4) is 0 Å². The number of anilines is 1. The number of amides is 1. The number of hydrogen-bond donors (Lipinski definition) is 1. The van der Waals surface area contributed by atoms with E-state index in [0.717, 1.165) is 16.5 Å². The average molecular weight is 379 g/mol. The first-order valence-corrected chi connectivity index (χ1v) is 11.1. The third-order valence-electron chi connectivity index (χ3n) is 3.65. The summed E-state index contributed by atoms with van der Waals surface area (Å²) in [6.07, 6.45) is 2.15. The normalized spacial score (nSPS) is 17.3. The van der Waals surface area contributed by atoms with E-state index in [4.69, 9.17) is 0 Å². The Hall–Kier alpha value is -0.710. The van der Waals surface area contributed by atoms with Crippen molar-refractivity contribution in [1.29, 1.82) is 0 Å². The number of thioether (sulfide) groups is 1. The van der Waals surface area contributed by atoms with Crippen LogP contribution in [0.4, 0.5) is 5.13 Å². The Kier molecular flexibility index (Phi) is 6.81. The zero-order valence-electron chi connectivity index (χ0n) is 13.3. The molecule has 1 aromatic heterocycles. The maximum Gasteiger partial charge on any atom is 0.229 e. The fourth-order valence-electron chi connectivity index (χ4n) is 2.29. The van der Waals surface area contributed by atoms with Crippen molar-refractivity contribution in [2.75, 3.05) is 29.9 Å². The topological polar surface area (TPSA) is 92.3 Å². The van der Waals surface area contributed by atoms with E-state index in [1.54, 1.807) is 18.7 Å². The molecule has 0 unspecified atom stereocenters. The predicted molar refractivity (Wildman–Crippen MR) is 93.3 cm³/mol. The zero-order chi connectivity index (χ0) is 16.9. The molecule has 0 bridgehead atoms. The molecule has 1 aliphatic rings. The fraction of sp³-hybridized carbons (Fsp3) is 0.769. The highest BCUT2D eigenvalue weighted by molar-refractivity contribution is 8.01. The van der Waals surface area contributed by atoms with E-state index in [-0.39, 0.29) is 17.6 Å². The minimum Gasteiger partial charge on any atom is -0.300 e. The summed E-state index contributed by atoms with van der Waals surface area (Å²) in [5, 5.41) is 11.3. The Morgan fingerprint density at radius 3 is 2.65 bits per heavy atom. The van der Waals surface area contributed by atoms with Crippen LogP contribution in [-0.2, 0) is 14.8 Å². The van der Waals surface area contributed by atoms with Gasteiger partial charge in [0.1, 0.15) is 0 Å². The molecule has 7 nitrogen and oxygen atoms in total. The number of aromatic nitrogens is 2. The summed E-state index contributed by atoms with van der Waals surface area (Å²) in [7, 11) is -3.16. The molecule has 1 saturated heterocycles. The Morgan fingerprint density at radius 2 is 2.04 bits per heavy atom. The molecule has 0 saturated carbocycles. The fourth-order valence-corrected chi connectivity index (χ4v) is 5.11. The molecule has 1 aliphatic heterocycles. The summed E-state index contributed by atoms with van der Waals surface area (Å²) in [6.45, 7) is 4.55. The van der Waals surface area contributed by atoms with Crippen LogP contribution in [0.5, 0.6) is 0 Å². The number of hydrogen-bond acceptors (Lipinski definition) is 7. The predicted octanol–water partition coefficient (Wildman–Crippen LogP) is 2.04. The van der Waals surface area contributed by atoms with Crippen LogP contribution in [0.2, 0.25) is 0 Å². The molecule has 0 radical (unpaired) electrons. The van der Waals surface area contributed by atoms with Gasteiger partial charge in [0.05, 0.1) is 5.75 Å². The lowest BCUT2D eigenvalue weighted by atomic mass is 9.97. The third kappa shape index (κ3) is 5.13. The summed E-state index contributed by atoms with van der Waals surface area (Å²) >= 11 is 3.01. The summed E-state index contributed by atoms with van der Waals surface area (Å²) in [5.74, 6) is 0.815. The van der Waals surface area contributed by atoms with Gasteiger partial charge >= 0.3 is 0 Å². The summed E-state index contributed by atoms with van der Waals surface area (Å²) in [6, 6.07) is 0. The number of piperidine rings is 1. The number of carbonyl (C=O) groups excluding carboxylic acids is 1. The standard InChI is InChI=1S/C13H22N4O3S3/c1-3-9-21-13-16-15-12(22-13)14-11(18)10-5-7-17(8-6-10)23(19,20)4-2/h10H,3-9H2,1-2H3,(H,14,15,18). The van der Waals surface area contributed by atoms with Gasteiger partial charge in [0, 0.05) is 24.8 Å². The number of nitrogens with one attached hydrogen (secondary N) is 1. The Morgan fingerprint density at radius 1 is 1.35 bits per heavy atom. The molecule has 0 atom stereocenters. The molecule has 1 fully saturated rings. The SMILES string of the molecule is CCCSc1nnc(NC(=O)C2CCN(S(=O)(=O)CC)CC2)s1. The average Bonchev–Trinajstić information content (AvgIpc) is 3.00. The monoisotopic (exact) mass is 378 g/mol. The van der Waals surface area contributed by atoms with Gasteiger partial charge in [-0.25, -0.2) is 12.7 Å². The van der Waals surface area contributed by atoms with Crippen molar-refractivity contribution >= 4 is 44.2 Å². The second-order valence-electron chi connectivity index (χ2n) is 5.28. The van der Waals surface area contributed by atoms with E-state index >= 15 is 0 Å². The minimum atomic E-state index is -3.16. The van der Waals surface area contributed by atoms with Crippen LogP contribution in [0.15, 0.2) is 4.34 Å². The van der Waals surface area contributed by atoms with Crippen molar-refractivity contribution in [3.63, 3.8) is 0 Å². The van der Waals surface area contributed by atoms with E-state index in [1.807, 2.05) is 0 Å². The van der Waals surface area contributed by atoms with Crippen LogP contribution in [0, 0.1) is 5.92 Å². The molecule has 0 spiro atoms. The van der Waals surface area contributed by atoms with Gasteiger partial charge in [-0.3, -0.25) is 4.79 Å². The largest absolute Gasteiger partial charge is 0.300 e. The van der Waals surface area contributed by atoms with Crippen LogP contribution in [0.1, 0.15) is 33.1 Å². The summed E-state index contributed by atoms with van der Waals surface area (Å²) < 4.78 is 26.0. The molecule has 23 heavy (non-hydrogen) atoms. The molecular weight excluding hydrogens is 356 g/mol. The first kappa shape index (κ1) is 18.6. The van der Waals surface area contributed by atoms with Gasteiger partial charge in [-0.1, -0.05) is 30.0 Å². The van der Waals surface area contributed by atoms with Crippen molar-refractivity contribution in [1.82, 2.24) is 14.5 Å². The lowest BCUT2D eigenvalue weighted by molar-refractivity contribution is -0.120. The second-order valence-corrected chi connectivity index (χ2v) is 9.86. The molecule has 2 rings (SSSR count). The molecule has 0 aromatic carbocycles. The van der Waals surface area contributed by atoms with Crippen LogP contribution in [-0.4, -0.2) is 53.4 Å². The molecule has 10 heteroatoms. The third-order valence-corrected chi connectivity index (χ3v) is 7.71. The van der Waals surface area contributed by atoms with Gasteiger partial charge in [0.25, 0.3) is 0 Å². The maximum absolute atomic E-state index is 12.3. The lowest BCUT2D eigenvalue weighted by Gasteiger charge is -2.29. The lowest BCUT2D eigenvalue weighted by Crippen LogP contribution is -2.42. The Bertz CT molecular complexity index is 624. The van der Waals surface area contributed by atoms with Gasteiger partial charge in [0.15, 0.2) is 4.34 Å². The van der Waals surface area contributed by atoms with Crippen molar-refractivity contribution in [2.24, 2.45) is 5.92 Å². The molecule has 1 amide bonds. The number of nitrogens with zero attached hydrogens (tertiary/aromatic N) is 3. The molecule has 130 valence electrons. The smallest absolute Gasteiger partial charge is 0.229 e. The van der Waals surface area contributed by atoms with E-state index in [2.05, 4.69) is 22.4 Å². The van der Waals surface area contributed by atoms with E-state index in [9.17, 15) is 13.2 Å². The van der Waals surface area contributed by atoms with Crippen molar-refractivity contribution < 1.29 is 13.2 Å². The number of carbonyl (C=O) groups is 1. The van der Waals surface area contributed by atoms with E-state index < -0.39 is 10.0 Å². The number of rotatable bonds is 7. The van der Waals surface area contributed by atoms with Gasteiger partial charge in [-0.05, 0) is 26.2 Å². The van der Waals surface area contributed by atoms with Crippen LogP contribution in [0.25, 0.3) is 0 Å². The Labute approximate surface area is 145 Å². The Balaban J connectivity index is 1.84. The van der Waals surface area contributed by atoms with E-state index in [0.29, 0.717) is 31.1 Å². The minimum absolute atomic E-state index is 0.0956. The van der Waals surface area contributed by atoms with Crippen molar-refractivity contribution in [2.45, 2.75) is 37.4 Å². The molecule has 1 N–H and O–H groups in total. The van der Waals surface area contributed by atoms with Crippen LogP contribution >= 0.6 is 23.1 Å². The van der Waals surface area contributed by atoms with Gasteiger partial charge in [-0.2, -0.15) is 0 Å². The van der Waals surface area contributed by atoms with E-state index in [1.165, 1.54) is 15.6 Å². The quantitative estimate of drug-likeness (QED) is 0.576. The number of sulfonamides is 1. The summed E-state index contributed by atoms with van der Waals surface area (Å²) in [4.78, 5) is 12.3. The maximum atomic E-state index is 12.3. The van der Waals surface area contributed by atoms with Gasteiger partial charge in [0.2, 0.25) is 21.1 Å². The molecule has 0 aliphatic carbocycles. The highest BCUT2D eigenvalue weighted by Crippen LogP contribution is 2.27. The first-order valence-electron chi connectivity index (χ1n) is 7.71. The second kappa shape index (κ2) is 8.41. The highest BCUT2D eigenvalue weighted by Gasteiger charge is 2.30. The molecule has 2 heterocycles. The zero-order valence-corrected chi connectivity index (χ0v) is 15.8. The molecule has 1 aromatic rings. The summed E-state index contributed by atoms with van der Waals surface area (Å²) in [5.41, 5.74) is 0. The highest BCUT2D eigenvalue weighted by atomic mass is 32.2. The van der Waals surface area contributed by atoms with Crippen LogP contribution < -0.4 is 5.32 Å². The first-order chi connectivity index (χ1) is 11.0.